The predicted molar refractivity (Wildman–Crippen MR) is 131 cm³/mol. The first-order valence-corrected chi connectivity index (χ1v) is 11.2. The Hall–Kier alpha value is -4.01. The van der Waals surface area contributed by atoms with E-state index in [0.717, 1.165) is 0 Å². The fourth-order valence-corrected chi connectivity index (χ4v) is 4.13. The van der Waals surface area contributed by atoms with Crippen LogP contribution < -0.4 is 15.8 Å². The molecule has 182 valence electrons. The van der Waals surface area contributed by atoms with Crippen LogP contribution in [0, 0.1) is 25.5 Å². The molecule has 0 spiro atoms. The third-order valence-electron chi connectivity index (χ3n) is 5.75. The number of nitrogens with two attached hydrogens (primary N) is 1. The summed E-state index contributed by atoms with van der Waals surface area (Å²) in [5.74, 6) is -1.08. The first-order chi connectivity index (χ1) is 16.6. The SMILES string of the molecule is Cc1cc([C@H](C)c2nc(C)c3c(N)nccn23)c(OC(C)C)c(C(=O)Nc2ccc(F)cc2)c1F. The van der Waals surface area contributed by atoms with Gasteiger partial charge in [0.05, 0.1) is 11.8 Å². The van der Waals surface area contributed by atoms with E-state index in [1.54, 1.807) is 39.2 Å². The zero-order chi connectivity index (χ0) is 25.4. The van der Waals surface area contributed by atoms with E-state index in [4.69, 9.17) is 15.5 Å². The highest BCUT2D eigenvalue weighted by molar-refractivity contribution is 6.07. The van der Waals surface area contributed by atoms with Crippen LogP contribution in [0.15, 0.2) is 42.7 Å². The van der Waals surface area contributed by atoms with Crippen molar-refractivity contribution in [3.8, 4) is 5.75 Å². The quantitative estimate of drug-likeness (QED) is 0.386. The molecule has 0 saturated heterocycles. The molecule has 35 heavy (non-hydrogen) atoms. The van der Waals surface area contributed by atoms with E-state index in [1.165, 1.54) is 24.3 Å². The molecule has 7 nitrogen and oxygen atoms in total. The number of hydrogen-bond donors (Lipinski definition) is 2. The number of anilines is 2. The molecular weight excluding hydrogens is 452 g/mol. The number of amides is 1. The van der Waals surface area contributed by atoms with Crippen LogP contribution in [0.1, 0.15) is 59.7 Å². The lowest BCUT2D eigenvalue weighted by molar-refractivity contribution is 0.101. The Morgan fingerprint density at radius 3 is 2.49 bits per heavy atom. The maximum atomic E-state index is 15.4. The van der Waals surface area contributed by atoms with E-state index in [2.05, 4.69) is 10.3 Å². The largest absolute Gasteiger partial charge is 0.490 e. The number of aromatic nitrogens is 3. The summed E-state index contributed by atoms with van der Waals surface area (Å²) in [6, 6.07) is 6.92. The molecule has 0 aliphatic rings. The van der Waals surface area contributed by atoms with Gasteiger partial charge >= 0.3 is 0 Å². The monoisotopic (exact) mass is 479 g/mol. The second-order valence-corrected chi connectivity index (χ2v) is 8.74. The molecule has 4 aromatic rings. The number of benzene rings is 2. The standard InChI is InChI=1S/C26H27F2N5O2/c1-13(2)35-23-19(15(4)25-31-16(5)22-24(29)30-10-11-33(22)25)12-14(3)21(28)20(23)26(34)32-18-8-6-17(27)7-9-18/h6-13,15H,1-5H3,(H2,29,30)(H,32,34)/t15-/m0/s1. The van der Waals surface area contributed by atoms with Gasteiger partial charge in [0, 0.05) is 29.6 Å². The van der Waals surface area contributed by atoms with Crippen molar-refractivity contribution < 1.29 is 18.3 Å². The van der Waals surface area contributed by atoms with Crippen molar-refractivity contribution in [3.63, 3.8) is 0 Å². The van der Waals surface area contributed by atoms with E-state index >= 15 is 4.39 Å². The minimum absolute atomic E-state index is 0.131. The summed E-state index contributed by atoms with van der Waals surface area (Å²) >= 11 is 0. The average Bonchev–Trinajstić information content (AvgIpc) is 3.14. The van der Waals surface area contributed by atoms with Gasteiger partial charge in [-0.15, -0.1) is 0 Å². The Labute approximate surface area is 202 Å². The third-order valence-corrected chi connectivity index (χ3v) is 5.75. The third kappa shape index (κ3) is 4.53. The molecule has 0 unspecified atom stereocenters. The van der Waals surface area contributed by atoms with Gasteiger partial charge in [-0.25, -0.2) is 18.7 Å². The lowest BCUT2D eigenvalue weighted by Gasteiger charge is -2.23. The number of ether oxygens (including phenoxy) is 1. The number of imidazole rings is 1. The molecule has 4 rings (SSSR count). The molecule has 0 aliphatic carbocycles. The topological polar surface area (TPSA) is 94.5 Å². The Kier molecular flexibility index (Phi) is 6.43. The number of hydrogen-bond acceptors (Lipinski definition) is 5. The fourth-order valence-electron chi connectivity index (χ4n) is 4.13. The van der Waals surface area contributed by atoms with Crippen LogP contribution in [0.2, 0.25) is 0 Å². The van der Waals surface area contributed by atoms with E-state index in [9.17, 15) is 9.18 Å². The van der Waals surface area contributed by atoms with Crippen molar-refractivity contribution >= 4 is 22.9 Å². The second-order valence-electron chi connectivity index (χ2n) is 8.74. The molecule has 0 aliphatic heterocycles. The van der Waals surface area contributed by atoms with E-state index in [0.29, 0.717) is 34.1 Å². The zero-order valence-corrected chi connectivity index (χ0v) is 20.2. The summed E-state index contributed by atoms with van der Waals surface area (Å²) in [6.07, 6.45) is 3.01. The van der Waals surface area contributed by atoms with Gasteiger partial charge in [0.2, 0.25) is 0 Å². The van der Waals surface area contributed by atoms with Crippen LogP contribution in [0.5, 0.6) is 5.75 Å². The highest BCUT2D eigenvalue weighted by Gasteiger charge is 2.29. The Morgan fingerprint density at radius 1 is 1.14 bits per heavy atom. The van der Waals surface area contributed by atoms with E-state index in [-0.39, 0.29) is 28.9 Å². The molecule has 2 heterocycles. The number of aryl methyl sites for hydroxylation is 2. The number of carbonyl (C=O) groups excluding carboxylic acids is 1. The zero-order valence-electron chi connectivity index (χ0n) is 20.2. The molecule has 2 aromatic heterocycles. The predicted octanol–water partition coefficient (Wildman–Crippen LogP) is 5.40. The van der Waals surface area contributed by atoms with Crippen molar-refractivity contribution in [1.82, 2.24) is 14.4 Å². The maximum Gasteiger partial charge on any atom is 0.262 e. The number of rotatable bonds is 6. The number of fused-ring (bicyclic) bond motifs is 1. The highest BCUT2D eigenvalue weighted by atomic mass is 19.1. The van der Waals surface area contributed by atoms with Gasteiger partial charge in [-0.2, -0.15) is 0 Å². The summed E-state index contributed by atoms with van der Waals surface area (Å²) in [5, 5.41) is 2.64. The van der Waals surface area contributed by atoms with Crippen LogP contribution >= 0.6 is 0 Å². The van der Waals surface area contributed by atoms with Gasteiger partial charge in [0.25, 0.3) is 5.91 Å². The minimum Gasteiger partial charge on any atom is -0.490 e. The molecule has 0 fully saturated rings. The fraction of sp³-hybridized carbons (Fsp3) is 0.269. The van der Waals surface area contributed by atoms with Crippen LogP contribution in [-0.2, 0) is 0 Å². The van der Waals surface area contributed by atoms with Crippen LogP contribution in [-0.4, -0.2) is 26.4 Å². The Morgan fingerprint density at radius 2 is 1.83 bits per heavy atom. The summed E-state index contributed by atoms with van der Waals surface area (Å²) in [6.45, 7) is 8.94. The van der Waals surface area contributed by atoms with Crippen LogP contribution in [0.25, 0.3) is 5.52 Å². The van der Waals surface area contributed by atoms with Gasteiger partial charge < -0.3 is 15.8 Å². The maximum absolute atomic E-state index is 15.4. The summed E-state index contributed by atoms with van der Waals surface area (Å²) < 4.78 is 36.6. The first-order valence-electron chi connectivity index (χ1n) is 11.2. The van der Waals surface area contributed by atoms with Crippen molar-refractivity contribution in [3.05, 3.63) is 82.6 Å². The lowest BCUT2D eigenvalue weighted by atomic mass is 9.93. The number of nitrogens with zero attached hydrogens (tertiary/aromatic N) is 3. The van der Waals surface area contributed by atoms with E-state index in [1.807, 2.05) is 18.2 Å². The number of nitrogens with one attached hydrogen (secondary N) is 1. The van der Waals surface area contributed by atoms with Gasteiger partial charge in [0.15, 0.2) is 0 Å². The molecule has 0 saturated carbocycles. The number of nitrogen functional groups attached to an aromatic ring is 1. The molecule has 9 heteroatoms. The Bertz CT molecular complexity index is 1410. The van der Waals surface area contributed by atoms with Gasteiger partial charge in [0.1, 0.15) is 40.1 Å². The molecule has 0 radical (unpaired) electrons. The highest BCUT2D eigenvalue weighted by Crippen LogP contribution is 2.38. The minimum atomic E-state index is -0.695. The summed E-state index contributed by atoms with van der Waals surface area (Å²) in [4.78, 5) is 22.1. The van der Waals surface area contributed by atoms with Gasteiger partial charge in [-0.1, -0.05) is 6.92 Å². The summed E-state index contributed by atoms with van der Waals surface area (Å²) in [7, 11) is 0. The summed E-state index contributed by atoms with van der Waals surface area (Å²) in [5.41, 5.74) is 8.47. The Balaban J connectivity index is 1.88. The smallest absolute Gasteiger partial charge is 0.262 e. The van der Waals surface area contributed by atoms with Crippen LogP contribution in [0.3, 0.4) is 0 Å². The number of halogens is 2. The lowest BCUT2D eigenvalue weighted by Crippen LogP contribution is -2.20. The molecule has 3 N–H and O–H groups in total. The molecule has 0 bridgehead atoms. The van der Waals surface area contributed by atoms with Gasteiger partial charge in [-0.3, -0.25) is 9.20 Å². The average molecular weight is 480 g/mol. The normalized spacial score (nSPS) is 12.2. The van der Waals surface area contributed by atoms with E-state index < -0.39 is 17.5 Å². The molecular formula is C26H27F2N5O2. The molecule has 1 amide bonds. The van der Waals surface area contributed by atoms with Crippen LogP contribution in [0.4, 0.5) is 20.3 Å². The number of carbonyl (C=O) groups is 1. The van der Waals surface area contributed by atoms with Crippen molar-refractivity contribution in [2.75, 3.05) is 11.1 Å². The van der Waals surface area contributed by atoms with Crippen molar-refractivity contribution in [1.29, 1.82) is 0 Å². The molecule has 2 aromatic carbocycles. The second kappa shape index (κ2) is 9.32. The molecule has 1 atom stereocenters. The van der Waals surface area contributed by atoms with Crippen molar-refractivity contribution in [2.24, 2.45) is 0 Å². The first kappa shape index (κ1) is 24.1. The van der Waals surface area contributed by atoms with Gasteiger partial charge in [-0.05, 0) is 63.6 Å². The van der Waals surface area contributed by atoms with Crippen molar-refractivity contribution in [2.45, 2.75) is 46.6 Å².